The number of hydrogen-bond acceptors (Lipinski definition) is 4. The predicted molar refractivity (Wildman–Crippen MR) is 81.6 cm³/mol. The van der Waals surface area contributed by atoms with Crippen LogP contribution in [-0.2, 0) is 9.59 Å². The number of aromatic nitrogens is 2. The van der Waals surface area contributed by atoms with Crippen LogP contribution in [0.25, 0.3) is 0 Å². The zero-order valence-corrected chi connectivity index (χ0v) is 12.5. The van der Waals surface area contributed by atoms with Crippen LogP contribution in [0.15, 0.2) is 49.1 Å². The minimum Gasteiger partial charge on any atom is -0.347 e. The first-order valence-electron chi connectivity index (χ1n) is 6.92. The average Bonchev–Trinajstić information content (AvgIpc) is 2.52. The maximum Gasteiger partial charge on any atom is 0.217 e. The lowest BCUT2D eigenvalue weighted by Crippen LogP contribution is -2.39. The fourth-order valence-corrected chi connectivity index (χ4v) is 2.30. The molecule has 2 unspecified atom stereocenters. The first-order chi connectivity index (χ1) is 10.6. The molecule has 6 heteroatoms. The van der Waals surface area contributed by atoms with E-state index in [2.05, 4.69) is 20.6 Å². The summed E-state index contributed by atoms with van der Waals surface area (Å²) in [6.07, 6.45) is 6.62. The van der Waals surface area contributed by atoms with Gasteiger partial charge in [-0.15, -0.1) is 0 Å². The first-order valence-corrected chi connectivity index (χ1v) is 6.92. The predicted octanol–water partition coefficient (Wildman–Crippen LogP) is 1.53. The Morgan fingerprint density at radius 3 is 1.36 bits per heavy atom. The van der Waals surface area contributed by atoms with Crippen molar-refractivity contribution in [3.05, 3.63) is 60.2 Å². The summed E-state index contributed by atoms with van der Waals surface area (Å²) in [5.74, 6) is -0.350. The van der Waals surface area contributed by atoms with Crippen LogP contribution in [0.4, 0.5) is 0 Å². The number of carbonyl (C=O) groups excluding carboxylic acids is 2. The van der Waals surface area contributed by atoms with Crippen LogP contribution in [0.1, 0.15) is 37.1 Å². The third-order valence-electron chi connectivity index (χ3n) is 3.18. The molecule has 114 valence electrons. The van der Waals surface area contributed by atoms with Gasteiger partial charge in [-0.25, -0.2) is 0 Å². The van der Waals surface area contributed by atoms with E-state index < -0.39 is 12.1 Å². The lowest BCUT2D eigenvalue weighted by atomic mass is 9.94. The SMILES string of the molecule is CC(=O)NC(c1ccncc1)C(NC(C)=O)c1ccncc1. The summed E-state index contributed by atoms with van der Waals surface area (Å²) in [6.45, 7) is 2.90. The van der Waals surface area contributed by atoms with Crippen molar-refractivity contribution in [2.45, 2.75) is 25.9 Å². The number of hydrogen-bond donors (Lipinski definition) is 2. The molecule has 0 aliphatic carbocycles. The Hall–Kier alpha value is -2.76. The summed E-state index contributed by atoms with van der Waals surface area (Å²) >= 11 is 0. The second-order valence-corrected chi connectivity index (χ2v) is 4.92. The van der Waals surface area contributed by atoms with Gasteiger partial charge in [0.15, 0.2) is 0 Å². The van der Waals surface area contributed by atoms with Gasteiger partial charge in [0.1, 0.15) is 0 Å². The van der Waals surface area contributed by atoms with Crippen molar-refractivity contribution >= 4 is 11.8 Å². The molecule has 2 aromatic heterocycles. The second kappa shape index (κ2) is 7.31. The van der Waals surface area contributed by atoms with Gasteiger partial charge in [0.05, 0.1) is 12.1 Å². The van der Waals surface area contributed by atoms with Crippen molar-refractivity contribution in [3.8, 4) is 0 Å². The maximum atomic E-state index is 11.6. The van der Waals surface area contributed by atoms with Gasteiger partial charge >= 0.3 is 0 Å². The Bertz CT molecular complexity index is 574. The molecule has 0 fully saturated rings. The van der Waals surface area contributed by atoms with E-state index in [9.17, 15) is 9.59 Å². The number of pyridine rings is 2. The highest BCUT2D eigenvalue weighted by molar-refractivity contribution is 5.75. The van der Waals surface area contributed by atoms with Crippen molar-refractivity contribution in [2.24, 2.45) is 0 Å². The third kappa shape index (κ3) is 4.12. The molecule has 6 nitrogen and oxygen atoms in total. The van der Waals surface area contributed by atoms with E-state index in [1.807, 2.05) is 24.3 Å². The Morgan fingerprint density at radius 2 is 1.09 bits per heavy atom. The second-order valence-electron chi connectivity index (χ2n) is 4.92. The van der Waals surface area contributed by atoms with Crippen LogP contribution < -0.4 is 10.6 Å². The van der Waals surface area contributed by atoms with Gasteiger partial charge in [-0.2, -0.15) is 0 Å². The highest BCUT2D eigenvalue weighted by Gasteiger charge is 2.26. The standard InChI is InChI=1S/C16H18N4O2/c1-11(21)19-15(13-3-7-17-8-4-13)16(20-12(2)22)14-5-9-18-10-6-14/h3-10,15-16H,1-2H3,(H,19,21)(H,20,22). The fraction of sp³-hybridized carbons (Fsp3) is 0.250. The number of amides is 2. The van der Waals surface area contributed by atoms with Crippen LogP contribution in [0, 0.1) is 0 Å². The molecule has 0 saturated heterocycles. The van der Waals surface area contributed by atoms with Gasteiger partial charge < -0.3 is 10.6 Å². The van der Waals surface area contributed by atoms with Gasteiger partial charge in [0.2, 0.25) is 11.8 Å². The molecule has 2 N–H and O–H groups in total. The summed E-state index contributed by atoms with van der Waals surface area (Å²) in [5.41, 5.74) is 1.72. The lowest BCUT2D eigenvalue weighted by molar-refractivity contribution is -0.122. The van der Waals surface area contributed by atoms with Crippen molar-refractivity contribution in [2.75, 3.05) is 0 Å². The van der Waals surface area contributed by atoms with Gasteiger partial charge in [0.25, 0.3) is 0 Å². The maximum absolute atomic E-state index is 11.6. The highest BCUT2D eigenvalue weighted by atomic mass is 16.2. The molecular weight excluding hydrogens is 280 g/mol. The number of nitrogens with one attached hydrogen (secondary N) is 2. The van der Waals surface area contributed by atoms with Gasteiger partial charge in [-0.3, -0.25) is 19.6 Å². The highest BCUT2D eigenvalue weighted by Crippen LogP contribution is 2.28. The molecule has 0 aliphatic rings. The molecule has 2 amide bonds. The number of carbonyl (C=O) groups is 2. The molecule has 2 heterocycles. The smallest absolute Gasteiger partial charge is 0.217 e. The van der Waals surface area contributed by atoms with E-state index in [-0.39, 0.29) is 11.8 Å². The molecule has 0 saturated carbocycles. The molecular formula is C16H18N4O2. The molecule has 0 spiro atoms. The van der Waals surface area contributed by atoms with E-state index in [0.717, 1.165) is 11.1 Å². The summed E-state index contributed by atoms with van der Waals surface area (Å²) < 4.78 is 0. The van der Waals surface area contributed by atoms with Gasteiger partial charge in [-0.1, -0.05) is 0 Å². The largest absolute Gasteiger partial charge is 0.347 e. The molecule has 0 aliphatic heterocycles. The summed E-state index contributed by atoms with van der Waals surface area (Å²) in [7, 11) is 0. The molecule has 0 bridgehead atoms. The Balaban J connectivity index is 2.43. The molecule has 22 heavy (non-hydrogen) atoms. The van der Waals surface area contributed by atoms with Crippen molar-refractivity contribution in [3.63, 3.8) is 0 Å². The van der Waals surface area contributed by atoms with E-state index in [4.69, 9.17) is 0 Å². The van der Waals surface area contributed by atoms with Gasteiger partial charge in [-0.05, 0) is 35.4 Å². The molecule has 0 radical (unpaired) electrons. The summed E-state index contributed by atoms with van der Waals surface area (Å²) in [6, 6.07) is 6.47. The monoisotopic (exact) mass is 298 g/mol. The average molecular weight is 298 g/mol. The third-order valence-corrected chi connectivity index (χ3v) is 3.18. The van der Waals surface area contributed by atoms with Crippen LogP contribution in [0.5, 0.6) is 0 Å². The number of nitrogens with zero attached hydrogens (tertiary/aromatic N) is 2. The summed E-state index contributed by atoms with van der Waals surface area (Å²) in [5, 5.41) is 5.80. The molecule has 0 aromatic carbocycles. The Labute approximate surface area is 129 Å². The van der Waals surface area contributed by atoms with Crippen molar-refractivity contribution in [1.29, 1.82) is 0 Å². The number of rotatable bonds is 5. The van der Waals surface area contributed by atoms with E-state index >= 15 is 0 Å². The van der Waals surface area contributed by atoms with Crippen LogP contribution in [0.3, 0.4) is 0 Å². The van der Waals surface area contributed by atoms with E-state index in [1.54, 1.807) is 24.8 Å². The zero-order valence-electron chi connectivity index (χ0n) is 12.5. The first kappa shape index (κ1) is 15.6. The minimum absolute atomic E-state index is 0.175. The minimum atomic E-state index is -0.396. The van der Waals surface area contributed by atoms with Crippen molar-refractivity contribution < 1.29 is 9.59 Å². The quantitative estimate of drug-likeness (QED) is 0.877. The van der Waals surface area contributed by atoms with E-state index in [0.29, 0.717) is 0 Å². The molecule has 2 rings (SSSR count). The fourth-order valence-electron chi connectivity index (χ4n) is 2.30. The topological polar surface area (TPSA) is 84.0 Å². The molecule has 2 atom stereocenters. The molecule has 2 aromatic rings. The Morgan fingerprint density at radius 1 is 0.773 bits per heavy atom. The lowest BCUT2D eigenvalue weighted by Gasteiger charge is -2.29. The van der Waals surface area contributed by atoms with Crippen LogP contribution in [-0.4, -0.2) is 21.8 Å². The van der Waals surface area contributed by atoms with Crippen LogP contribution >= 0.6 is 0 Å². The summed E-state index contributed by atoms with van der Waals surface area (Å²) in [4.78, 5) is 31.2. The van der Waals surface area contributed by atoms with E-state index in [1.165, 1.54) is 13.8 Å². The van der Waals surface area contributed by atoms with Gasteiger partial charge in [0, 0.05) is 38.6 Å². The van der Waals surface area contributed by atoms with Crippen molar-refractivity contribution in [1.82, 2.24) is 20.6 Å². The zero-order chi connectivity index (χ0) is 15.9. The normalized spacial score (nSPS) is 13.0. The van der Waals surface area contributed by atoms with Crippen LogP contribution in [0.2, 0.25) is 0 Å². The Kier molecular flexibility index (Phi) is 5.19.